The highest BCUT2D eigenvalue weighted by Gasteiger charge is 2.01. The molecule has 0 heterocycles. The molecular weight excluding hydrogens is 226 g/mol. The number of hydrogen-bond donors (Lipinski definition) is 1. The van der Waals surface area contributed by atoms with E-state index >= 15 is 0 Å². The first-order valence-electron chi connectivity index (χ1n) is 6.49. The summed E-state index contributed by atoms with van der Waals surface area (Å²) in [6.45, 7) is 11.0. The summed E-state index contributed by atoms with van der Waals surface area (Å²) in [5.41, 5.74) is 3.00. The smallest absolute Gasteiger partial charge is 0.221 e. The average Bonchev–Trinajstić information content (AvgIpc) is 2.30. The van der Waals surface area contributed by atoms with Gasteiger partial charge in [0.2, 0.25) is 5.91 Å². The molecule has 0 atom stereocenters. The van der Waals surface area contributed by atoms with Gasteiger partial charge in [0.25, 0.3) is 0 Å². The molecular formula is C15H27NO2. The molecule has 0 radical (unpaired) electrons. The lowest BCUT2D eigenvalue weighted by atomic mass is 10.1. The van der Waals surface area contributed by atoms with Gasteiger partial charge in [-0.25, -0.2) is 0 Å². The van der Waals surface area contributed by atoms with Crippen LogP contribution in [0.15, 0.2) is 18.2 Å². The number of amides is 1. The summed E-state index contributed by atoms with van der Waals surface area (Å²) in [4.78, 5) is 10.9. The van der Waals surface area contributed by atoms with E-state index in [1.807, 2.05) is 32.0 Å². The van der Waals surface area contributed by atoms with Crippen molar-refractivity contribution in [2.75, 3.05) is 11.9 Å². The molecule has 0 aliphatic carbocycles. The van der Waals surface area contributed by atoms with Crippen LogP contribution in [0.3, 0.4) is 0 Å². The van der Waals surface area contributed by atoms with E-state index in [9.17, 15) is 4.79 Å². The number of carbonyl (C=O) groups excluding carboxylic acids is 1. The summed E-state index contributed by atoms with van der Waals surface area (Å²) in [6.07, 6.45) is 1.25. The third kappa shape index (κ3) is 7.07. The Labute approximate surface area is 112 Å². The number of anilines is 1. The second kappa shape index (κ2) is 9.66. The minimum absolute atomic E-state index is 0. The van der Waals surface area contributed by atoms with Gasteiger partial charge in [-0.15, -0.1) is 0 Å². The summed E-state index contributed by atoms with van der Waals surface area (Å²) in [5, 5.41) is 2.80. The SMILES string of the molecule is CCC.CCOCc1ccc(C)c(NC(C)=O)c1.[HH]. The van der Waals surface area contributed by atoms with Crippen molar-refractivity contribution in [1.82, 2.24) is 0 Å². The normalized spacial score (nSPS) is 9.39. The van der Waals surface area contributed by atoms with Gasteiger partial charge in [0, 0.05) is 20.6 Å². The van der Waals surface area contributed by atoms with Crippen molar-refractivity contribution < 1.29 is 11.0 Å². The fourth-order valence-electron chi connectivity index (χ4n) is 1.30. The number of aryl methyl sites for hydroxylation is 1. The van der Waals surface area contributed by atoms with Crippen LogP contribution in [0.4, 0.5) is 5.69 Å². The number of rotatable bonds is 4. The van der Waals surface area contributed by atoms with E-state index in [1.54, 1.807) is 0 Å². The highest BCUT2D eigenvalue weighted by Crippen LogP contribution is 2.17. The van der Waals surface area contributed by atoms with E-state index in [-0.39, 0.29) is 7.33 Å². The Morgan fingerprint density at radius 1 is 1.33 bits per heavy atom. The van der Waals surface area contributed by atoms with Crippen molar-refractivity contribution in [3.8, 4) is 0 Å². The lowest BCUT2D eigenvalue weighted by molar-refractivity contribution is -0.114. The third-order valence-corrected chi connectivity index (χ3v) is 2.09. The largest absolute Gasteiger partial charge is 0.377 e. The van der Waals surface area contributed by atoms with Crippen LogP contribution in [0.5, 0.6) is 0 Å². The van der Waals surface area contributed by atoms with E-state index in [4.69, 9.17) is 4.74 Å². The molecule has 1 amide bonds. The lowest BCUT2D eigenvalue weighted by Gasteiger charge is -2.09. The summed E-state index contributed by atoms with van der Waals surface area (Å²) in [5.74, 6) is -0.0494. The third-order valence-electron chi connectivity index (χ3n) is 2.09. The van der Waals surface area contributed by atoms with E-state index in [1.165, 1.54) is 13.3 Å². The molecule has 0 bridgehead atoms. The van der Waals surface area contributed by atoms with Crippen LogP contribution < -0.4 is 5.32 Å². The summed E-state index contributed by atoms with van der Waals surface area (Å²) in [6, 6.07) is 5.95. The summed E-state index contributed by atoms with van der Waals surface area (Å²) in [7, 11) is 0. The molecule has 1 aromatic carbocycles. The fourth-order valence-corrected chi connectivity index (χ4v) is 1.30. The van der Waals surface area contributed by atoms with Crippen LogP contribution in [-0.4, -0.2) is 12.5 Å². The molecule has 0 aliphatic heterocycles. The predicted molar refractivity (Wildman–Crippen MR) is 78.9 cm³/mol. The Kier molecular flexibility index (Phi) is 8.93. The second-order valence-electron chi connectivity index (χ2n) is 4.17. The summed E-state index contributed by atoms with van der Waals surface area (Å²) < 4.78 is 5.31. The van der Waals surface area contributed by atoms with Crippen LogP contribution in [0, 0.1) is 6.92 Å². The van der Waals surface area contributed by atoms with E-state index in [0.29, 0.717) is 13.2 Å². The number of ether oxygens (including phenoxy) is 1. The van der Waals surface area contributed by atoms with Crippen molar-refractivity contribution in [3.05, 3.63) is 29.3 Å². The average molecular weight is 253 g/mol. The van der Waals surface area contributed by atoms with Gasteiger partial charge in [-0.2, -0.15) is 0 Å². The molecule has 0 aliphatic rings. The Hall–Kier alpha value is -1.35. The maximum absolute atomic E-state index is 10.9. The Balaban J connectivity index is 0. The van der Waals surface area contributed by atoms with Crippen molar-refractivity contribution in [2.24, 2.45) is 0 Å². The van der Waals surface area contributed by atoms with Crippen LogP contribution in [-0.2, 0) is 16.1 Å². The van der Waals surface area contributed by atoms with Crippen LogP contribution in [0.2, 0.25) is 0 Å². The first-order chi connectivity index (χ1) is 8.54. The number of benzene rings is 1. The minimum Gasteiger partial charge on any atom is -0.377 e. The van der Waals surface area contributed by atoms with E-state index in [2.05, 4.69) is 19.2 Å². The molecule has 18 heavy (non-hydrogen) atoms. The molecule has 104 valence electrons. The highest BCUT2D eigenvalue weighted by molar-refractivity contribution is 5.89. The fraction of sp³-hybridized carbons (Fsp3) is 0.533. The minimum atomic E-state index is -0.0494. The van der Waals surface area contributed by atoms with Gasteiger partial charge in [0.15, 0.2) is 0 Å². The zero-order valence-electron chi connectivity index (χ0n) is 12.2. The van der Waals surface area contributed by atoms with Crippen LogP contribution in [0.25, 0.3) is 0 Å². The molecule has 3 heteroatoms. The van der Waals surface area contributed by atoms with Gasteiger partial charge in [0.1, 0.15) is 0 Å². The molecule has 3 nitrogen and oxygen atoms in total. The first kappa shape index (κ1) is 16.6. The Morgan fingerprint density at radius 3 is 2.44 bits per heavy atom. The Morgan fingerprint density at radius 2 is 1.94 bits per heavy atom. The molecule has 0 aromatic heterocycles. The molecule has 1 rings (SSSR count). The zero-order chi connectivity index (χ0) is 14.0. The lowest BCUT2D eigenvalue weighted by Crippen LogP contribution is -2.07. The van der Waals surface area contributed by atoms with Crippen LogP contribution >= 0.6 is 0 Å². The van der Waals surface area contributed by atoms with Gasteiger partial charge >= 0.3 is 0 Å². The maximum atomic E-state index is 10.9. The molecule has 0 fully saturated rings. The molecule has 1 aromatic rings. The zero-order valence-corrected chi connectivity index (χ0v) is 12.2. The predicted octanol–water partition coefficient (Wildman–Crippen LogP) is 4.15. The maximum Gasteiger partial charge on any atom is 0.221 e. The Bertz CT molecular complexity index is 367. The molecule has 0 saturated heterocycles. The molecule has 0 spiro atoms. The molecule has 1 N–H and O–H groups in total. The number of carbonyl (C=O) groups is 1. The van der Waals surface area contributed by atoms with Gasteiger partial charge in [-0.3, -0.25) is 4.79 Å². The number of hydrogen-bond acceptors (Lipinski definition) is 2. The van der Waals surface area contributed by atoms with Gasteiger partial charge in [-0.05, 0) is 31.0 Å². The topological polar surface area (TPSA) is 38.3 Å². The van der Waals surface area contributed by atoms with E-state index in [0.717, 1.165) is 16.8 Å². The molecule has 0 saturated carbocycles. The van der Waals surface area contributed by atoms with Crippen molar-refractivity contribution in [3.63, 3.8) is 0 Å². The van der Waals surface area contributed by atoms with Gasteiger partial charge in [0.05, 0.1) is 6.61 Å². The standard InChI is InChI=1S/C12H17NO2.C3H8.H2/c1-4-15-8-11-6-5-9(2)12(7-11)13-10(3)14;1-3-2;/h5-7H,4,8H2,1-3H3,(H,13,14);3H2,1-2H3;1H. The van der Waals surface area contributed by atoms with Crippen molar-refractivity contribution in [1.29, 1.82) is 0 Å². The molecule has 0 unspecified atom stereocenters. The van der Waals surface area contributed by atoms with Gasteiger partial charge < -0.3 is 10.1 Å². The van der Waals surface area contributed by atoms with Crippen LogP contribution in [0.1, 0.15) is 46.7 Å². The van der Waals surface area contributed by atoms with Crippen molar-refractivity contribution in [2.45, 2.75) is 47.6 Å². The first-order valence-corrected chi connectivity index (χ1v) is 6.49. The van der Waals surface area contributed by atoms with E-state index < -0.39 is 0 Å². The summed E-state index contributed by atoms with van der Waals surface area (Å²) >= 11 is 0. The monoisotopic (exact) mass is 253 g/mol. The second-order valence-corrected chi connectivity index (χ2v) is 4.17. The highest BCUT2D eigenvalue weighted by atomic mass is 16.5. The quantitative estimate of drug-likeness (QED) is 0.875. The van der Waals surface area contributed by atoms with Crippen molar-refractivity contribution >= 4 is 11.6 Å². The number of nitrogens with one attached hydrogen (secondary N) is 1. The van der Waals surface area contributed by atoms with Gasteiger partial charge in [-0.1, -0.05) is 32.4 Å².